The lowest BCUT2D eigenvalue weighted by atomic mass is 9.76. The monoisotopic (exact) mass is 773 g/mol. The number of nitrogen functional groups attached to an aromatic ring is 1. The first-order chi connectivity index (χ1) is 25.4. The Bertz CT molecular complexity index is 1980. The molecule has 5 rings (SSSR count). The van der Waals surface area contributed by atoms with Crippen molar-refractivity contribution in [1.82, 2.24) is 14.9 Å². The Labute approximate surface area is 313 Å². The molecule has 2 fully saturated rings. The second-order valence-electron chi connectivity index (χ2n) is 14.2. The number of esters is 1. The van der Waals surface area contributed by atoms with Gasteiger partial charge in [0.05, 0.1) is 18.1 Å². The van der Waals surface area contributed by atoms with E-state index >= 15 is 13.2 Å². The summed E-state index contributed by atoms with van der Waals surface area (Å²) in [5.74, 6) is -0.833. The average molecular weight is 774 g/mol. The van der Waals surface area contributed by atoms with Crippen LogP contribution in [0.15, 0.2) is 59.5 Å². The molecule has 2 aromatic carbocycles. The molecule has 54 heavy (non-hydrogen) atoms. The van der Waals surface area contributed by atoms with Gasteiger partial charge in [-0.2, -0.15) is 23.1 Å². The summed E-state index contributed by atoms with van der Waals surface area (Å²) in [6.45, 7) is 8.72. The van der Waals surface area contributed by atoms with Gasteiger partial charge in [-0.1, -0.05) is 50.3 Å². The molecule has 2 N–H and O–H groups in total. The number of nitrogens with zero attached hydrogens (tertiary/aromatic N) is 4. The molecule has 16 heteroatoms. The molecule has 292 valence electrons. The molecule has 3 aromatic rings. The van der Waals surface area contributed by atoms with Gasteiger partial charge >= 0.3 is 18.2 Å². The summed E-state index contributed by atoms with van der Waals surface area (Å²) < 4.78 is 86.1. The lowest BCUT2D eigenvalue weighted by Gasteiger charge is -2.39. The second-order valence-corrected chi connectivity index (χ2v) is 16.2. The van der Waals surface area contributed by atoms with Crippen LogP contribution in [0.4, 0.5) is 29.7 Å². The largest absolute Gasteiger partial charge is 0.464 e. The lowest BCUT2D eigenvalue weighted by molar-refractivity contribution is -0.198. The number of hydrogen-bond acceptors (Lipinski definition) is 11. The summed E-state index contributed by atoms with van der Waals surface area (Å²) in [5, 5.41) is 0. The highest BCUT2D eigenvalue weighted by molar-refractivity contribution is 7.90. The van der Waals surface area contributed by atoms with Gasteiger partial charge in [-0.15, -0.1) is 0 Å². The Kier molecular flexibility index (Phi) is 12.1. The van der Waals surface area contributed by atoms with E-state index in [0.717, 1.165) is 6.26 Å². The third kappa shape index (κ3) is 9.43. The number of aromatic nitrogens is 2. The number of amides is 1. The number of halogens is 3. The van der Waals surface area contributed by atoms with Crippen LogP contribution in [0.3, 0.4) is 0 Å². The standard InChI is InChI=1S/C38H46F3N5O7S/c1-6-9-25-12-13-28(26-10-8-11-27(19-26)54(5,49)50)29(18-25)33(38(39,40)41)53-32-20-31(43-35(42)44-32)45-16-14-37(15-17-45)21-30(34(47)51-7-2)46(23-37)36(48)52-22-24(3)4/h6,8-13,18-20,24,30,33H,7,14-17,21-23H2,1-5H3,(H2,42,43,44)/t30?,33-/m1/s1. The van der Waals surface area contributed by atoms with Gasteiger partial charge in [0.25, 0.3) is 0 Å². The normalized spacial score (nSPS) is 18.0. The molecule has 12 nitrogen and oxygen atoms in total. The number of allylic oxidation sites excluding steroid dienone is 1. The first kappa shape index (κ1) is 40.3. The first-order valence-corrected chi connectivity index (χ1v) is 19.6. The number of benzene rings is 2. The zero-order valence-corrected chi connectivity index (χ0v) is 31.7. The molecule has 2 atom stereocenters. The number of piperidine rings is 1. The highest BCUT2D eigenvalue weighted by Gasteiger charge is 2.51. The minimum absolute atomic E-state index is 0.0442. The number of carbonyl (C=O) groups is 2. The van der Waals surface area contributed by atoms with Crippen LogP contribution in [0.2, 0.25) is 0 Å². The number of likely N-dealkylation sites (tertiary alicyclic amines) is 1. The maximum Gasteiger partial charge on any atom is 0.429 e. The molecule has 1 unspecified atom stereocenters. The molecule has 1 spiro atoms. The fourth-order valence-electron chi connectivity index (χ4n) is 6.92. The minimum Gasteiger partial charge on any atom is -0.464 e. The van der Waals surface area contributed by atoms with Crippen LogP contribution >= 0.6 is 0 Å². The number of carbonyl (C=O) groups excluding carboxylic acids is 2. The summed E-state index contributed by atoms with van der Waals surface area (Å²) in [6.07, 6.45) is -2.22. The highest BCUT2D eigenvalue weighted by atomic mass is 32.2. The van der Waals surface area contributed by atoms with E-state index in [9.17, 15) is 18.0 Å². The van der Waals surface area contributed by atoms with Crippen molar-refractivity contribution in [3.8, 4) is 17.0 Å². The Balaban J connectivity index is 1.42. The number of ether oxygens (including phenoxy) is 3. The molecule has 1 aromatic heterocycles. The minimum atomic E-state index is -4.94. The summed E-state index contributed by atoms with van der Waals surface area (Å²) in [5.41, 5.74) is 6.22. The molecular weight excluding hydrogens is 728 g/mol. The topological polar surface area (TPSA) is 154 Å². The van der Waals surface area contributed by atoms with E-state index in [4.69, 9.17) is 19.9 Å². The van der Waals surface area contributed by atoms with Crippen molar-refractivity contribution in [2.24, 2.45) is 11.3 Å². The van der Waals surface area contributed by atoms with Crippen molar-refractivity contribution in [1.29, 1.82) is 0 Å². The van der Waals surface area contributed by atoms with Gasteiger partial charge in [-0.05, 0) is 79.3 Å². The number of hydrogen-bond donors (Lipinski definition) is 1. The van der Waals surface area contributed by atoms with Crippen LogP contribution in [-0.2, 0) is 24.1 Å². The van der Waals surface area contributed by atoms with Gasteiger partial charge in [0.2, 0.25) is 17.9 Å². The van der Waals surface area contributed by atoms with Crippen molar-refractivity contribution in [3.63, 3.8) is 0 Å². The fourth-order valence-corrected chi connectivity index (χ4v) is 7.59. The molecule has 0 aliphatic carbocycles. The lowest BCUT2D eigenvalue weighted by Crippen LogP contribution is -2.44. The molecule has 1 amide bonds. The van der Waals surface area contributed by atoms with Gasteiger partial charge in [0.15, 0.2) is 9.84 Å². The average Bonchev–Trinajstić information content (AvgIpc) is 3.48. The van der Waals surface area contributed by atoms with E-state index in [1.54, 1.807) is 32.1 Å². The van der Waals surface area contributed by atoms with E-state index in [2.05, 4.69) is 9.97 Å². The van der Waals surface area contributed by atoms with Gasteiger partial charge in [0, 0.05) is 37.5 Å². The SMILES string of the molecule is CC=Cc1ccc(-c2cccc(S(C)(=O)=O)c2)c([C@@H](Oc2cc(N3CCC4(CC3)CC(C(=O)OCC)N(C(=O)OCC(C)C)C4)nc(N)n2)C(F)(F)F)c1. The first-order valence-electron chi connectivity index (χ1n) is 17.7. The van der Waals surface area contributed by atoms with Crippen LogP contribution in [0.25, 0.3) is 17.2 Å². The molecule has 0 bridgehead atoms. The van der Waals surface area contributed by atoms with Crippen molar-refractivity contribution in [2.45, 2.75) is 70.2 Å². The Morgan fingerprint density at radius 1 is 1.07 bits per heavy atom. The van der Waals surface area contributed by atoms with E-state index in [0.29, 0.717) is 37.9 Å². The molecular formula is C38H46F3N5O7S. The van der Waals surface area contributed by atoms with Crippen LogP contribution in [-0.4, -0.2) is 86.7 Å². The van der Waals surface area contributed by atoms with E-state index in [-0.39, 0.29) is 59.0 Å². The maximum atomic E-state index is 15.0. The van der Waals surface area contributed by atoms with Crippen LogP contribution in [0.1, 0.15) is 64.2 Å². The third-order valence-corrected chi connectivity index (χ3v) is 10.6. The molecule has 2 aliphatic heterocycles. The highest BCUT2D eigenvalue weighted by Crippen LogP contribution is 2.46. The maximum absolute atomic E-state index is 15.0. The van der Waals surface area contributed by atoms with Crippen molar-refractivity contribution < 1.29 is 45.4 Å². The zero-order chi connectivity index (χ0) is 39.4. The van der Waals surface area contributed by atoms with Crippen LogP contribution < -0.4 is 15.4 Å². The van der Waals surface area contributed by atoms with E-state index < -0.39 is 51.5 Å². The second kappa shape index (κ2) is 16.2. The number of sulfone groups is 1. The summed E-state index contributed by atoms with van der Waals surface area (Å²) in [7, 11) is -3.65. The number of anilines is 2. The van der Waals surface area contributed by atoms with Crippen molar-refractivity contribution >= 4 is 39.7 Å². The molecule has 2 saturated heterocycles. The number of alkyl halides is 3. The van der Waals surface area contributed by atoms with E-state index in [1.165, 1.54) is 47.4 Å². The van der Waals surface area contributed by atoms with E-state index in [1.807, 2.05) is 18.7 Å². The van der Waals surface area contributed by atoms with Gasteiger partial charge in [0.1, 0.15) is 11.9 Å². The quantitative estimate of drug-likeness (QED) is 0.203. The van der Waals surface area contributed by atoms with Crippen molar-refractivity contribution in [2.75, 3.05) is 49.7 Å². The predicted octanol–water partition coefficient (Wildman–Crippen LogP) is 6.86. The van der Waals surface area contributed by atoms with Crippen LogP contribution in [0, 0.1) is 11.3 Å². The summed E-state index contributed by atoms with van der Waals surface area (Å²) >= 11 is 0. The van der Waals surface area contributed by atoms with Gasteiger partial charge in [-0.25, -0.2) is 18.0 Å². The van der Waals surface area contributed by atoms with Crippen molar-refractivity contribution in [3.05, 3.63) is 65.7 Å². The Morgan fingerprint density at radius 3 is 2.43 bits per heavy atom. The molecule has 2 aliphatic rings. The molecule has 3 heterocycles. The zero-order valence-electron chi connectivity index (χ0n) is 30.9. The molecule has 0 saturated carbocycles. The van der Waals surface area contributed by atoms with Crippen LogP contribution in [0.5, 0.6) is 5.88 Å². The Morgan fingerprint density at radius 2 is 1.80 bits per heavy atom. The van der Waals surface area contributed by atoms with Gasteiger partial charge in [-0.3, -0.25) is 4.90 Å². The molecule has 0 radical (unpaired) electrons. The predicted molar refractivity (Wildman–Crippen MR) is 197 cm³/mol. The third-order valence-electron chi connectivity index (χ3n) is 9.52. The number of rotatable bonds is 11. The van der Waals surface area contributed by atoms with Gasteiger partial charge < -0.3 is 24.8 Å². The Hall–Kier alpha value is -4.86. The summed E-state index contributed by atoms with van der Waals surface area (Å²) in [4.78, 5) is 37.5. The summed E-state index contributed by atoms with van der Waals surface area (Å²) in [6, 6.07) is 10.7. The number of nitrogens with two attached hydrogens (primary N) is 1. The smallest absolute Gasteiger partial charge is 0.429 e. The fraction of sp³-hybridized carbons (Fsp3) is 0.474.